The maximum Gasteiger partial charge on any atom is 0.184 e. The Morgan fingerprint density at radius 1 is 1.20 bits per heavy atom. The highest BCUT2D eigenvalue weighted by atomic mass is 19.1. The molecule has 1 aromatic carbocycles. The lowest BCUT2D eigenvalue weighted by molar-refractivity contribution is 0.0618. The van der Waals surface area contributed by atoms with E-state index in [0.717, 1.165) is 38.0 Å². The van der Waals surface area contributed by atoms with E-state index >= 15 is 0 Å². The van der Waals surface area contributed by atoms with Crippen LogP contribution in [-0.4, -0.2) is 24.2 Å². The van der Waals surface area contributed by atoms with Gasteiger partial charge in [-0.2, -0.15) is 0 Å². The van der Waals surface area contributed by atoms with Crippen LogP contribution in [0.5, 0.6) is 0 Å². The number of Topliss-reactive ketones (excluding diaryl/α,β-unsaturated/α-hetero) is 1. The number of hydrogen-bond acceptors (Lipinski definition) is 5. The van der Waals surface area contributed by atoms with E-state index in [4.69, 9.17) is 14.0 Å². The van der Waals surface area contributed by atoms with Crippen molar-refractivity contribution in [1.82, 2.24) is 5.16 Å². The smallest absolute Gasteiger partial charge is 0.184 e. The summed E-state index contributed by atoms with van der Waals surface area (Å²) in [6.45, 7) is 2.14. The van der Waals surface area contributed by atoms with Crippen LogP contribution in [0.15, 0.2) is 34.9 Å². The highest BCUT2D eigenvalue weighted by Gasteiger charge is 2.18. The summed E-state index contributed by atoms with van der Waals surface area (Å²) in [5, 5.41) is 3.84. The lowest BCUT2D eigenvalue weighted by Crippen LogP contribution is -2.16. The number of nitrogens with zero attached hydrogens (tertiary/aromatic N) is 1. The molecule has 0 atom stereocenters. The SMILES string of the molecule is O=C(CCC1CCOCC1)c1cc(COCc2ccc(F)cc2)on1. The zero-order chi connectivity index (χ0) is 17.5. The fourth-order valence-corrected chi connectivity index (χ4v) is 2.86. The number of halogens is 1. The van der Waals surface area contributed by atoms with E-state index in [2.05, 4.69) is 5.16 Å². The van der Waals surface area contributed by atoms with Gasteiger partial charge in [-0.25, -0.2) is 4.39 Å². The van der Waals surface area contributed by atoms with Crippen LogP contribution < -0.4 is 0 Å². The molecule has 25 heavy (non-hydrogen) atoms. The van der Waals surface area contributed by atoms with Gasteiger partial charge in [0.1, 0.15) is 18.1 Å². The van der Waals surface area contributed by atoms with Crippen molar-refractivity contribution in [2.45, 2.75) is 38.9 Å². The van der Waals surface area contributed by atoms with E-state index in [0.29, 0.717) is 30.4 Å². The number of carbonyl (C=O) groups is 1. The summed E-state index contributed by atoms with van der Waals surface area (Å²) >= 11 is 0. The fourth-order valence-electron chi connectivity index (χ4n) is 2.86. The minimum atomic E-state index is -0.275. The molecule has 1 aromatic heterocycles. The number of rotatable bonds is 8. The lowest BCUT2D eigenvalue weighted by atomic mass is 9.93. The van der Waals surface area contributed by atoms with Gasteiger partial charge >= 0.3 is 0 Å². The van der Waals surface area contributed by atoms with Gasteiger partial charge < -0.3 is 14.0 Å². The molecule has 0 bridgehead atoms. The number of benzene rings is 1. The Balaban J connectivity index is 1.41. The molecule has 134 valence electrons. The normalized spacial score (nSPS) is 15.4. The van der Waals surface area contributed by atoms with Crippen LogP contribution in [0.25, 0.3) is 0 Å². The minimum absolute atomic E-state index is 0.0000245. The molecule has 1 aliphatic rings. The second-order valence-electron chi connectivity index (χ2n) is 6.32. The fraction of sp³-hybridized carbons (Fsp3) is 0.474. The number of ketones is 1. The van der Waals surface area contributed by atoms with Crippen LogP contribution >= 0.6 is 0 Å². The molecule has 6 heteroatoms. The van der Waals surface area contributed by atoms with Crippen molar-refractivity contribution in [3.05, 3.63) is 53.2 Å². The standard InChI is InChI=1S/C19H22FNO4/c20-16-4-1-15(2-5-16)12-24-13-17-11-18(21-25-17)19(22)6-3-14-7-9-23-10-8-14/h1-2,4-5,11,14H,3,6-10,12-13H2. The van der Waals surface area contributed by atoms with Crippen LogP contribution in [0.1, 0.15) is 47.5 Å². The third kappa shape index (κ3) is 5.47. The molecular formula is C19H22FNO4. The van der Waals surface area contributed by atoms with Gasteiger partial charge in [0.15, 0.2) is 11.5 Å². The molecule has 0 saturated carbocycles. The highest BCUT2D eigenvalue weighted by molar-refractivity contribution is 5.94. The molecule has 0 unspecified atom stereocenters. The van der Waals surface area contributed by atoms with Gasteiger partial charge in [0.2, 0.25) is 0 Å². The maximum absolute atomic E-state index is 12.8. The molecule has 3 rings (SSSR count). The largest absolute Gasteiger partial charge is 0.381 e. The summed E-state index contributed by atoms with van der Waals surface area (Å²) < 4.78 is 28.8. The Morgan fingerprint density at radius 3 is 2.72 bits per heavy atom. The third-order valence-electron chi connectivity index (χ3n) is 4.39. The van der Waals surface area contributed by atoms with Crippen LogP contribution in [0.4, 0.5) is 4.39 Å². The van der Waals surface area contributed by atoms with Crippen LogP contribution in [0.3, 0.4) is 0 Å². The first-order valence-electron chi connectivity index (χ1n) is 8.59. The Bertz CT molecular complexity index is 677. The average Bonchev–Trinajstić information content (AvgIpc) is 3.11. The molecule has 2 aromatic rings. The summed E-state index contributed by atoms with van der Waals surface area (Å²) in [4.78, 5) is 12.2. The molecule has 0 radical (unpaired) electrons. The third-order valence-corrected chi connectivity index (χ3v) is 4.39. The lowest BCUT2D eigenvalue weighted by Gasteiger charge is -2.21. The van der Waals surface area contributed by atoms with Crippen LogP contribution in [0.2, 0.25) is 0 Å². The number of aromatic nitrogens is 1. The molecule has 5 nitrogen and oxygen atoms in total. The van der Waals surface area contributed by atoms with Crippen molar-refractivity contribution >= 4 is 5.78 Å². The van der Waals surface area contributed by atoms with E-state index in [1.165, 1.54) is 12.1 Å². The van der Waals surface area contributed by atoms with Crippen molar-refractivity contribution in [2.75, 3.05) is 13.2 Å². The quantitative estimate of drug-likeness (QED) is 0.677. The van der Waals surface area contributed by atoms with Gasteiger partial charge in [0.25, 0.3) is 0 Å². The summed E-state index contributed by atoms with van der Waals surface area (Å²) in [6.07, 6.45) is 3.39. The van der Waals surface area contributed by atoms with Crippen molar-refractivity contribution in [3.8, 4) is 0 Å². The highest BCUT2D eigenvalue weighted by Crippen LogP contribution is 2.21. The first kappa shape index (κ1) is 17.8. The van der Waals surface area contributed by atoms with Crippen molar-refractivity contribution in [3.63, 3.8) is 0 Å². The summed E-state index contributed by atoms with van der Waals surface area (Å²) in [5.74, 6) is 0.794. The number of ether oxygens (including phenoxy) is 2. The first-order chi connectivity index (χ1) is 12.2. The van der Waals surface area contributed by atoms with E-state index in [-0.39, 0.29) is 18.2 Å². The molecule has 0 N–H and O–H groups in total. The summed E-state index contributed by atoms with van der Waals surface area (Å²) in [5.41, 5.74) is 1.22. The molecule has 1 aliphatic heterocycles. The van der Waals surface area contributed by atoms with E-state index in [1.54, 1.807) is 18.2 Å². The Kier molecular flexibility index (Phi) is 6.30. The molecule has 1 fully saturated rings. The van der Waals surface area contributed by atoms with E-state index in [1.807, 2.05) is 0 Å². The maximum atomic E-state index is 12.8. The second kappa shape index (κ2) is 8.87. The minimum Gasteiger partial charge on any atom is -0.381 e. The van der Waals surface area contributed by atoms with Gasteiger partial charge in [0, 0.05) is 25.7 Å². The molecule has 1 saturated heterocycles. The zero-order valence-corrected chi connectivity index (χ0v) is 14.1. The summed E-state index contributed by atoms with van der Waals surface area (Å²) in [6, 6.07) is 7.75. The number of hydrogen-bond donors (Lipinski definition) is 0. The monoisotopic (exact) mass is 347 g/mol. The average molecular weight is 347 g/mol. The first-order valence-corrected chi connectivity index (χ1v) is 8.59. The van der Waals surface area contributed by atoms with Crippen molar-refractivity contribution in [2.24, 2.45) is 5.92 Å². The topological polar surface area (TPSA) is 61.6 Å². The second-order valence-corrected chi connectivity index (χ2v) is 6.32. The number of carbonyl (C=O) groups excluding carboxylic acids is 1. The van der Waals surface area contributed by atoms with Crippen molar-refractivity contribution < 1.29 is 23.2 Å². The van der Waals surface area contributed by atoms with Gasteiger partial charge in [0.05, 0.1) is 6.61 Å². The molecular weight excluding hydrogens is 325 g/mol. The molecule has 0 spiro atoms. The van der Waals surface area contributed by atoms with E-state index in [9.17, 15) is 9.18 Å². The van der Waals surface area contributed by atoms with Crippen molar-refractivity contribution in [1.29, 1.82) is 0 Å². The van der Waals surface area contributed by atoms with Gasteiger partial charge in [-0.1, -0.05) is 17.3 Å². The van der Waals surface area contributed by atoms with Crippen LogP contribution in [-0.2, 0) is 22.7 Å². The Labute approximate surface area is 146 Å². The van der Waals surface area contributed by atoms with Gasteiger partial charge in [-0.15, -0.1) is 0 Å². The predicted molar refractivity (Wildman–Crippen MR) is 88.5 cm³/mol. The molecule has 0 aliphatic carbocycles. The predicted octanol–water partition coefficient (Wildman–Crippen LogP) is 3.92. The summed E-state index contributed by atoms with van der Waals surface area (Å²) in [7, 11) is 0. The Morgan fingerprint density at radius 2 is 1.96 bits per heavy atom. The van der Waals surface area contributed by atoms with Crippen LogP contribution in [0, 0.1) is 11.7 Å². The van der Waals surface area contributed by atoms with E-state index < -0.39 is 0 Å². The Hall–Kier alpha value is -2.05. The van der Waals surface area contributed by atoms with Gasteiger partial charge in [-0.05, 0) is 42.9 Å². The molecule has 2 heterocycles. The van der Waals surface area contributed by atoms with Gasteiger partial charge in [-0.3, -0.25) is 4.79 Å². The molecule has 0 amide bonds. The zero-order valence-electron chi connectivity index (χ0n) is 14.1.